The van der Waals surface area contributed by atoms with E-state index in [0.29, 0.717) is 13.2 Å². The molecular weight excluding hydrogens is 336 g/mol. The average molecular weight is 360 g/mol. The molecule has 0 fully saturated rings. The van der Waals surface area contributed by atoms with Gasteiger partial charge in [0.1, 0.15) is 17.3 Å². The number of nitrogens with zero attached hydrogens (tertiary/aromatic N) is 1. The second-order valence-electron chi connectivity index (χ2n) is 5.84. The molecule has 0 saturated carbocycles. The molecule has 0 heterocycles. The van der Waals surface area contributed by atoms with Gasteiger partial charge in [-0.2, -0.15) is 0 Å². The standard InChI is InChI=1S/C23H24N2O2/c1-3-26-21-14-10-19(11-15-21)24-23(18-8-6-5-7-9-18)25-20-12-16-22(17-13-20)27-4-2/h5-17H,3-4H2,1-2H3,(H,24,25). The number of nitrogens with one attached hydrogen (secondary N) is 1. The molecule has 0 bridgehead atoms. The summed E-state index contributed by atoms with van der Waals surface area (Å²) in [7, 11) is 0. The molecular formula is C23H24N2O2. The third-order valence-electron chi connectivity index (χ3n) is 3.86. The van der Waals surface area contributed by atoms with Crippen LogP contribution in [-0.2, 0) is 0 Å². The van der Waals surface area contributed by atoms with Gasteiger partial charge in [-0.1, -0.05) is 30.3 Å². The lowest BCUT2D eigenvalue weighted by atomic mass is 10.2. The fourth-order valence-corrected chi connectivity index (χ4v) is 2.61. The number of hydrogen-bond donors (Lipinski definition) is 1. The summed E-state index contributed by atoms with van der Waals surface area (Å²) < 4.78 is 11.0. The van der Waals surface area contributed by atoms with Crippen molar-refractivity contribution in [3.8, 4) is 11.5 Å². The molecule has 3 rings (SSSR count). The smallest absolute Gasteiger partial charge is 0.138 e. The van der Waals surface area contributed by atoms with Gasteiger partial charge in [0.05, 0.1) is 18.9 Å². The van der Waals surface area contributed by atoms with Gasteiger partial charge >= 0.3 is 0 Å². The molecule has 0 unspecified atom stereocenters. The molecule has 0 aliphatic heterocycles. The lowest BCUT2D eigenvalue weighted by Gasteiger charge is -2.12. The summed E-state index contributed by atoms with van der Waals surface area (Å²) in [6.45, 7) is 5.25. The summed E-state index contributed by atoms with van der Waals surface area (Å²) in [6, 6.07) is 25.7. The molecule has 3 aromatic carbocycles. The van der Waals surface area contributed by atoms with Gasteiger partial charge in [-0.15, -0.1) is 0 Å². The van der Waals surface area contributed by atoms with E-state index in [0.717, 1.165) is 34.3 Å². The van der Waals surface area contributed by atoms with Gasteiger partial charge in [0.25, 0.3) is 0 Å². The first kappa shape index (κ1) is 18.5. The topological polar surface area (TPSA) is 42.8 Å². The van der Waals surface area contributed by atoms with Crippen molar-refractivity contribution in [1.82, 2.24) is 0 Å². The van der Waals surface area contributed by atoms with E-state index in [4.69, 9.17) is 14.5 Å². The molecule has 0 spiro atoms. The van der Waals surface area contributed by atoms with E-state index in [1.807, 2.05) is 92.7 Å². The van der Waals surface area contributed by atoms with E-state index in [9.17, 15) is 0 Å². The third-order valence-corrected chi connectivity index (χ3v) is 3.86. The monoisotopic (exact) mass is 360 g/mol. The Labute approximate surface area is 160 Å². The van der Waals surface area contributed by atoms with Crippen molar-refractivity contribution in [3.05, 3.63) is 84.4 Å². The Balaban J connectivity index is 1.87. The summed E-state index contributed by atoms with van der Waals surface area (Å²) in [4.78, 5) is 4.80. The number of aliphatic imine (C=N–C) groups is 1. The number of benzene rings is 3. The van der Waals surface area contributed by atoms with Crippen LogP contribution in [0.1, 0.15) is 19.4 Å². The molecule has 27 heavy (non-hydrogen) atoms. The zero-order valence-corrected chi connectivity index (χ0v) is 15.7. The predicted octanol–water partition coefficient (Wildman–Crippen LogP) is 5.67. The van der Waals surface area contributed by atoms with Crippen LogP contribution in [0.25, 0.3) is 0 Å². The Morgan fingerprint density at radius 1 is 0.741 bits per heavy atom. The molecule has 0 amide bonds. The first-order valence-electron chi connectivity index (χ1n) is 9.15. The molecule has 4 nitrogen and oxygen atoms in total. The van der Waals surface area contributed by atoms with E-state index in [-0.39, 0.29) is 0 Å². The van der Waals surface area contributed by atoms with Crippen LogP contribution < -0.4 is 14.8 Å². The van der Waals surface area contributed by atoms with Crippen LogP contribution in [0.15, 0.2) is 83.9 Å². The van der Waals surface area contributed by atoms with E-state index in [1.165, 1.54) is 0 Å². The summed E-state index contributed by atoms with van der Waals surface area (Å²) in [5, 5.41) is 3.42. The maximum absolute atomic E-state index is 5.51. The number of rotatable bonds is 7. The highest BCUT2D eigenvalue weighted by atomic mass is 16.5. The predicted molar refractivity (Wildman–Crippen MR) is 111 cm³/mol. The first-order valence-corrected chi connectivity index (χ1v) is 9.15. The average Bonchev–Trinajstić information content (AvgIpc) is 2.71. The summed E-state index contributed by atoms with van der Waals surface area (Å²) in [5.74, 6) is 2.48. The fraction of sp³-hybridized carbons (Fsp3) is 0.174. The molecule has 0 atom stereocenters. The minimum atomic E-state index is 0.650. The Kier molecular flexibility index (Phi) is 6.47. The molecule has 0 aliphatic rings. The van der Waals surface area contributed by atoms with Gasteiger partial charge in [0.15, 0.2) is 0 Å². The zero-order chi connectivity index (χ0) is 18.9. The van der Waals surface area contributed by atoms with Gasteiger partial charge in [0.2, 0.25) is 0 Å². The maximum Gasteiger partial charge on any atom is 0.138 e. The van der Waals surface area contributed by atoms with Crippen LogP contribution in [-0.4, -0.2) is 19.0 Å². The molecule has 0 saturated heterocycles. The van der Waals surface area contributed by atoms with Crippen molar-refractivity contribution in [1.29, 1.82) is 0 Å². The SMILES string of the molecule is CCOc1ccc(N=C(Nc2ccc(OCC)cc2)c2ccccc2)cc1. The Morgan fingerprint density at radius 2 is 1.30 bits per heavy atom. The van der Waals surface area contributed by atoms with Crippen molar-refractivity contribution < 1.29 is 9.47 Å². The van der Waals surface area contributed by atoms with Crippen molar-refractivity contribution in [3.63, 3.8) is 0 Å². The number of ether oxygens (including phenoxy) is 2. The molecule has 1 N–H and O–H groups in total. The lowest BCUT2D eigenvalue weighted by Crippen LogP contribution is -2.13. The number of amidine groups is 1. The Morgan fingerprint density at radius 3 is 1.85 bits per heavy atom. The van der Waals surface area contributed by atoms with Crippen LogP contribution in [0, 0.1) is 0 Å². The summed E-state index contributed by atoms with van der Waals surface area (Å²) >= 11 is 0. The van der Waals surface area contributed by atoms with Crippen LogP contribution in [0.4, 0.5) is 11.4 Å². The normalized spacial score (nSPS) is 11.1. The summed E-state index contributed by atoms with van der Waals surface area (Å²) in [5.41, 5.74) is 2.82. The Bertz CT molecular complexity index is 857. The third kappa shape index (κ3) is 5.35. The van der Waals surface area contributed by atoms with Crippen LogP contribution in [0.3, 0.4) is 0 Å². The second kappa shape index (κ2) is 9.43. The largest absolute Gasteiger partial charge is 0.494 e. The quantitative estimate of drug-likeness (QED) is 0.436. The first-order chi connectivity index (χ1) is 13.3. The molecule has 0 aromatic heterocycles. The van der Waals surface area contributed by atoms with E-state index >= 15 is 0 Å². The maximum atomic E-state index is 5.51. The summed E-state index contributed by atoms with van der Waals surface area (Å²) in [6.07, 6.45) is 0. The fourth-order valence-electron chi connectivity index (χ4n) is 2.61. The molecule has 4 heteroatoms. The van der Waals surface area contributed by atoms with E-state index in [1.54, 1.807) is 0 Å². The second-order valence-corrected chi connectivity index (χ2v) is 5.84. The molecule has 0 aliphatic carbocycles. The Hall–Kier alpha value is -3.27. The van der Waals surface area contributed by atoms with Crippen LogP contribution >= 0.6 is 0 Å². The van der Waals surface area contributed by atoms with Crippen LogP contribution in [0.2, 0.25) is 0 Å². The van der Waals surface area contributed by atoms with E-state index < -0.39 is 0 Å². The van der Waals surface area contributed by atoms with Crippen molar-refractivity contribution in [2.24, 2.45) is 4.99 Å². The van der Waals surface area contributed by atoms with Crippen LogP contribution in [0.5, 0.6) is 11.5 Å². The van der Waals surface area contributed by atoms with Crippen molar-refractivity contribution in [2.75, 3.05) is 18.5 Å². The van der Waals surface area contributed by atoms with Gasteiger partial charge < -0.3 is 14.8 Å². The number of hydrogen-bond acceptors (Lipinski definition) is 3. The van der Waals surface area contributed by atoms with Gasteiger partial charge in [-0.05, 0) is 62.4 Å². The molecule has 3 aromatic rings. The minimum Gasteiger partial charge on any atom is -0.494 e. The highest BCUT2D eigenvalue weighted by Crippen LogP contribution is 2.21. The van der Waals surface area contributed by atoms with Gasteiger partial charge in [-0.25, -0.2) is 4.99 Å². The van der Waals surface area contributed by atoms with E-state index in [2.05, 4.69) is 5.32 Å². The van der Waals surface area contributed by atoms with Gasteiger partial charge in [-0.3, -0.25) is 0 Å². The highest BCUT2D eigenvalue weighted by molar-refractivity contribution is 6.09. The zero-order valence-electron chi connectivity index (χ0n) is 15.7. The van der Waals surface area contributed by atoms with Crippen molar-refractivity contribution >= 4 is 17.2 Å². The highest BCUT2D eigenvalue weighted by Gasteiger charge is 2.05. The minimum absolute atomic E-state index is 0.650. The lowest BCUT2D eigenvalue weighted by molar-refractivity contribution is 0.340. The van der Waals surface area contributed by atoms with Gasteiger partial charge in [0, 0.05) is 11.3 Å². The van der Waals surface area contributed by atoms with Crippen molar-refractivity contribution in [2.45, 2.75) is 13.8 Å². The number of anilines is 1. The molecule has 0 radical (unpaired) electrons. The molecule has 138 valence electrons.